The van der Waals surface area contributed by atoms with E-state index >= 15 is 0 Å². The molecule has 138 valence electrons. The minimum absolute atomic E-state index is 0.0355. The van der Waals surface area contributed by atoms with Crippen LogP contribution in [0.25, 0.3) is 0 Å². The van der Waals surface area contributed by atoms with E-state index in [1.54, 1.807) is 7.11 Å². The van der Waals surface area contributed by atoms with Gasteiger partial charge in [-0.2, -0.15) is 0 Å². The summed E-state index contributed by atoms with van der Waals surface area (Å²) in [6, 6.07) is 3.81. The van der Waals surface area contributed by atoms with Crippen molar-refractivity contribution in [3.63, 3.8) is 0 Å². The average Bonchev–Trinajstić information content (AvgIpc) is 3.27. The van der Waals surface area contributed by atoms with Crippen LogP contribution in [-0.4, -0.2) is 55.6 Å². The Morgan fingerprint density at radius 2 is 2.08 bits per heavy atom. The van der Waals surface area contributed by atoms with Gasteiger partial charge in [0.25, 0.3) is 5.91 Å². The lowest BCUT2D eigenvalue weighted by atomic mass is 9.48. The van der Waals surface area contributed by atoms with E-state index in [4.69, 9.17) is 9.15 Å². The summed E-state index contributed by atoms with van der Waals surface area (Å²) in [5, 5.41) is 0. The van der Waals surface area contributed by atoms with E-state index in [1.807, 2.05) is 17.0 Å². The standard InChI is InChI=1S/C20H30N2O3/c1-19(2)12-20(14-24-3)13-22(11-17(19)20)18(23)16-7-6-15(25-16)10-21-8-4-5-9-21/h6-7,17H,4-5,8-14H2,1-3H3/t17-,20-/m1/s1. The number of nitrogens with zero attached hydrogens (tertiary/aromatic N) is 2. The van der Waals surface area contributed by atoms with Crippen LogP contribution in [0.2, 0.25) is 0 Å². The molecule has 2 saturated heterocycles. The Balaban J connectivity index is 1.44. The van der Waals surface area contributed by atoms with Gasteiger partial charge in [0.15, 0.2) is 5.76 Å². The van der Waals surface area contributed by atoms with E-state index in [1.165, 1.54) is 12.8 Å². The molecule has 2 atom stereocenters. The zero-order valence-electron chi connectivity index (χ0n) is 15.7. The van der Waals surface area contributed by atoms with Gasteiger partial charge in [0.2, 0.25) is 0 Å². The monoisotopic (exact) mass is 346 g/mol. The molecule has 0 N–H and O–H groups in total. The number of hydrogen-bond donors (Lipinski definition) is 0. The number of methoxy groups -OCH3 is 1. The number of hydrogen-bond acceptors (Lipinski definition) is 4. The zero-order chi connectivity index (χ0) is 17.7. The molecule has 1 saturated carbocycles. The van der Waals surface area contributed by atoms with Crippen molar-refractivity contribution in [2.75, 3.05) is 39.9 Å². The summed E-state index contributed by atoms with van der Waals surface area (Å²) in [5.41, 5.74) is 0.427. The topological polar surface area (TPSA) is 45.9 Å². The molecule has 4 rings (SSSR count). The van der Waals surface area contributed by atoms with E-state index in [2.05, 4.69) is 18.7 Å². The molecule has 1 amide bonds. The van der Waals surface area contributed by atoms with Crippen LogP contribution < -0.4 is 0 Å². The number of fused-ring (bicyclic) bond motifs is 1. The Morgan fingerprint density at radius 1 is 1.32 bits per heavy atom. The first-order chi connectivity index (χ1) is 11.9. The minimum atomic E-state index is 0.0355. The van der Waals surface area contributed by atoms with E-state index in [0.717, 1.165) is 51.5 Å². The highest BCUT2D eigenvalue weighted by atomic mass is 16.5. The smallest absolute Gasteiger partial charge is 0.289 e. The van der Waals surface area contributed by atoms with Gasteiger partial charge in [-0.3, -0.25) is 9.69 Å². The first kappa shape index (κ1) is 17.1. The lowest BCUT2D eigenvalue weighted by Crippen LogP contribution is -2.55. The van der Waals surface area contributed by atoms with Crippen LogP contribution in [0.4, 0.5) is 0 Å². The third kappa shape index (κ3) is 2.91. The van der Waals surface area contributed by atoms with Crippen LogP contribution in [0.3, 0.4) is 0 Å². The summed E-state index contributed by atoms with van der Waals surface area (Å²) in [7, 11) is 1.76. The average molecular weight is 346 g/mol. The van der Waals surface area contributed by atoms with Gasteiger partial charge in [0.05, 0.1) is 13.2 Å². The fourth-order valence-corrected chi connectivity index (χ4v) is 5.66. The number of likely N-dealkylation sites (tertiary alicyclic amines) is 2. The van der Waals surface area contributed by atoms with Gasteiger partial charge in [-0.25, -0.2) is 0 Å². The van der Waals surface area contributed by atoms with Crippen LogP contribution in [0.5, 0.6) is 0 Å². The summed E-state index contributed by atoms with van der Waals surface area (Å²) in [6.45, 7) is 10.0. The second-order valence-electron chi connectivity index (χ2n) is 8.95. The molecule has 0 spiro atoms. The maximum Gasteiger partial charge on any atom is 0.289 e. The molecule has 0 radical (unpaired) electrons. The molecule has 0 unspecified atom stereocenters. The number of ether oxygens (including phenoxy) is 1. The van der Waals surface area contributed by atoms with Crippen LogP contribution in [0.1, 0.15) is 49.4 Å². The van der Waals surface area contributed by atoms with E-state index in [0.29, 0.717) is 11.7 Å². The van der Waals surface area contributed by atoms with Crippen molar-refractivity contribution in [2.24, 2.45) is 16.7 Å². The fraction of sp³-hybridized carbons (Fsp3) is 0.750. The predicted octanol–water partition coefficient (Wildman–Crippen LogP) is 3.01. The van der Waals surface area contributed by atoms with Crippen LogP contribution >= 0.6 is 0 Å². The van der Waals surface area contributed by atoms with Gasteiger partial charge in [0.1, 0.15) is 5.76 Å². The van der Waals surface area contributed by atoms with E-state index in [9.17, 15) is 4.79 Å². The Hall–Kier alpha value is -1.33. The first-order valence-corrected chi connectivity index (χ1v) is 9.53. The lowest BCUT2D eigenvalue weighted by molar-refractivity contribution is -0.107. The van der Waals surface area contributed by atoms with Gasteiger partial charge in [-0.05, 0) is 55.8 Å². The van der Waals surface area contributed by atoms with Crippen LogP contribution in [-0.2, 0) is 11.3 Å². The summed E-state index contributed by atoms with van der Waals surface area (Å²) < 4.78 is 11.4. The maximum absolute atomic E-state index is 13.0. The molecule has 5 nitrogen and oxygen atoms in total. The molecule has 2 aliphatic heterocycles. The number of carbonyl (C=O) groups excluding carboxylic acids is 1. The van der Waals surface area contributed by atoms with Gasteiger partial charge < -0.3 is 14.1 Å². The molecule has 1 aromatic rings. The normalized spacial score (nSPS) is 31.2. The number of amides is 1. The Bertz CT molecular complexity index is 647. The Kier molecular flexibility index (Phi) is 4.19. The second kappa shape index (κ2) is 6.13. The quantitative estimate of drug-likeness (QED) is 0.822. The molecule has 25 heavy (non-hydrogen) atoms. The van der Waals surface area contributed by atoms with Gasteiger partial charge >= 0.3 is 0 Å². The largest absolute Gasteiger partial charge is 0.455 e. The van der Waals surface area contributed by atoms with Crippen molar-refractivity contribution in [1.29, 1.82) is 0 Å². The van der Waals surface area contributed by atoms with Gasteiger partial charge in [-0.1, -0.05) is 13.8 Å². The lowest BCUT2D eigenvalue weighted by Gasteiger charge is -2.56. The fourth-order valence-electron chi connectivity index (χ4n) is 5.66. The van der Waals surface area contributed by atoms with Crippen LogP contribution in [0.15, 0.2) is 16.5 Å². The molecule has 5 heteroatoms. The van der Waals surface area contributed by atoms with Crippen molar-refractivity contribution < 1.29 is 13.9 Å². The summed E-state index contributed by atoms with van der Waals surface area (Å²) in [6.07, 6.45) is 3.65. The SMILES string of the molecule is COC[C@@]12CN(C(=O)c3ccc(CN4CCCC4)o3)C[C@@H]1C(C)(C)C2. The Morgan fingerprint density at radius 3 is 2.76 bits per heavy atom. The van der Waals surface area contributed by atoms with Crippen molar-refractivity contribution in [3.05, 3.63) is 23.7 Å². The Labute approximate surface area is 150 Å². The molecule has 0 aromatic carbocycles. The first-order valence-electron chi connectivity index (χ1n) is 9.53. The maximum atomic E-state index is 13.0. The third-order valence-corrected chi connectivity index (χ3v) is 6.57. The molecule has 3 heterocycles. The molecular formula is C20H30N2O3. The molecule has 3 fully saturated rings. The molecule has 1 aromatic heterocycles. The molecule has 0 bridgehead atoms. The summed E-state index contributed by atoms with van der Waals surface area (Å²) in [4.78, 5) is 17.3. The highest BCUT2D eigenvalue weighted by molar-refractivity contribution is 5.91. The molecular weight excluding hydrogens is 316 g/mol. The number of carbonyl (C=O) groups is 1. The summed E-state index contributed by atoms with van der Waals surface area (Å²) >= 11 is 0. The predicted molar refractivity (Wildman–Crippen MR) is 95.3 cm³/mol. The number of furan rings is 1. The van der Waals surface area contributed by atoms with Crippen molar-refractivity contribution >= 4 is 5.91 Å². The second-order valence-corrected chi connectivity index (χ2v) is 8.95. The van der Waals surface area contributed by atoms with Crippen LogP contribution in [0, 0.1) is 16.7 Å². The van der Waals surface area contributed by atoms with Gasteiger partial charge in [-0.15, -0.1) is 0 Å². The number of rotatable bonds is 5. The van der Waals surface area contributed by atoms with E-state index in [-0.39, 0.29) is 16.7 Å². The van der Waals surface area contributed by atoms with Crippen molar-refractivity contribution in [1.82, 2.24) is 9.80 Å². The van der Waals surface area contributed by atoms with Crippen molar-refractivity contribution in [3.8, 4) is 0 Å². The molecule has 1 aliphatic carbocycles. The summed E-state index contributed by atoms with van der Waals surface area (Å²) in [5.74, 6) is 1.94. The highest BCUT2D eigenvalue weighted by Crippen LogP contribution is 2.62. The van der Waals surface area contributed by atoms with Crippen molar-refractivity contribution in [2.45, 2.75) is 39.7 Å². The third-order valence-electron chi connectivity index (χ3n) is 6.57. The highest BCUT2D eigenvalue weighted by Gasteiger charge is 2.63. The van der Waals surface area contributed by atoms with Gasteiger partial charge in [0, 0.05) is 25.6 Å². The molecule has 3 aliphatic rings. The van der Waals surface area contributed by atoms with E-state index < -0.39 is 0 Å². The zero-order valence-corrected chi connectivity index (χ0v) is 15.7. The minimum Gasteiger partial charge on any atom is -0.455 e.